The van der Waals surface area contributed by atoms with Crippen LogP contribution >= 0.6 is 11.6 Å². The van der Waals surface area contributed by atoms with Crippen LogP contribution in [0.15, 0.2) is 60.7 Å². The van der Waals surface area contributed by atoms with Crippen LogP contribution in [0.3, 0.4) is 0 Å². The molecule has 0 bridgehead atoms. The van der Waals surface area contributed by atoms with Gasteiger partial charge in [-0.05, 0) is 91.6 Å². The fourth-order valence-corrected chi connectivity index (χ4v) is 4.69. The molecule has 1 saturated carbocycles. The first-order valence-electron chi connectivity index (χ1n) is 12.0. The van der Waals surface area contributed by atoms with Crippen molar-refractivity contribution in [3.8, 4) is 17.2 Å². The molecule has 0 radical (unpaired) electrons. The van der Waals surface area contributed by atoms with Crippen molar-refractivity contribution in [1.29, 1.82) is 0 Å². The second kappa shape index (κ2) is 11.8. The summed E-state index contributed by atoms with van der Waals surface area (Å²) < 4.78 is 11.9. The maximum atomic E-state index is 12.6. The molecule has 5 nitrogen and oxygen atoms in total. The number of hydrogen-bond donors (Lipinski definition) is 0. The van der Waals surface area contributed by atoms with Gasteiger partial charge in [0.05, 0.1) is 6.61 Å². The Morgan fingerprint density at radius 2 is 1.69 bits per heavy atom. The fraction of sp³-hybridized carbons (Fsp3) is 0.310. The Bertz CT molecular complexity index is 1240. The SMILES string of the molecule is O=C(CCCc1ccc(Cl)cc1)c1ccc(Oc2cc3c(cc2C2CC2)C(C(=O)[O-])CCO3)cc1.[Na+]. The Morgan fingerprint density at radius 3 is 2.36 bits per heavy atom. The molecule has 0 N–H and O–H groups in total. The third-order valence-corrected chi connectivity index (χ3v) is 6.92. The minimum atomic E-state index is -1.07. The van der Waals surface area contributed by atoms with E-state index >= 15 is 0 Å². The van der Waals surface area contributed by atoms with Crippen LogP contribution in [0.5, 0.6) is 17.2 Å². The zero-order valence-electron chi connectivity index (χ0n) is 20.3. The Hall–Kier alpha value is -2.31. The topological polar surface area (TPSA) is 75.7 Å². The largest absolute Gasteiger partial charge is 1.00 e. The van der Waals surface area contributed by atoms with Crippen LogP contribution in [0.2, 0.25) is 5.02 Å². The van der Waals surface area contributed by atoms with Gasteiger partial charge in [-0.1, -0.05) is 23.7 Å². The third kappa shape index (κ3) is 6.33. The van der Waals surface area contributed by atoms with E-state index in [0.29, 0.717) is 58.8 Å². The standard InChI is InChI=1S/C29H27ClO5.Na/c30-21-10-4-18(5-11-21)2-1-3-26(31)20-8-12-22(13-9-20)35-28-17-27-25(16-24(28)19-6-7-19)23(29(32)33)14-15-34-27;/h4-5,8-13,16-17,19,23H,1-3,6-7,14-15H2,(H,32,33);/q;+1/p-1. The van der Waals surface area contributed by atoms with Crippen LogP contribution in [0.1, 0.15) is 71.0 Å². The van der Waals surface area contributed by atoms with E-state index in [2.05, 4.69) is 0 Å². The third-order valence-electron chi connectivity index (χ3n) is 6.67. The van der Waals surface area contributed by atoms with Gasteiger partial charge in [0.15, 0.2) is 5.78 Å². The average molecular weight is 513 g/mol. The van der Waals surface area contributed by atoms with Crippen molar-refractivity contribution in [3.63, 3.8) is 0 Å². The summed E-state index contributed by atoms with van der Waals surface area (Å²) in [6.45, 7) is 0.336. The van der Waals surface area contributed by atoms with Gasteiger partial charge < -0.3 is 19.4 Å². The van der Waals surface area contributed by atoms with E-state index in [1.54, 1.807) is 30.3 Å². The van der Waals surface area contributed by atoms with Gasteiger partial charge in [0.2, 0.25) is 0 Å². The van der Waals surface area contributed by atoms with Crippen molar-refractivity contribution in [3.05, 3.63) is 87.9 Å². The number of benzene rings is 3. The molecular formula is C29H26ClNaO5. The first kappa shape index (κ1) is 26.7. The number of halogens is 1. The second-order valence-corrected chi connectivity index (χ2v) is 9.68. The predicted molar refractivity (Wildman–Crippen MR) is 132 cm³/mol. The van der Waals surface area contributed by atoms with Gasteiger partial charge in [-0.2, -0.15) is 0 Å². The molecule has 3 aromatic rings. The summed E-state index contributed by atoms with van der Waals surface area (Å²) in [4.78, 5) is 24.2. The molecule has 1 heterocycles. The molecular weight excluding hydrogens is 487 g/mol. The molecule has 0 amide bonds. The first-order chi connectivity index (χ1) is 17.0. The van der Waals surface area contributed by atoms with Gasteiger partial charge in [0.25, 0.3) is 0 Å². The van der Waals surface area contributed by atoms with E-state index in [1.165, 1.54) is 0 Å². The summed E-state index contributed by atoms with van der Waals surface area (Å²) in [5.41, 5.74) is 3.49. The van der Waals surface area contributed by atoms with Gasteiger partial charge in [-0.3, -0.25) is 4.79 Å². The summed E-state index contributed by atoms with van der Waals surface area (Å²) in [6.07, 6.45) is 4.58. The maximum absolute atomic E-state index is 12.6. The van der Waals surface area contributed by atoms with Crippen molar-refractivity contribution in [1.82, 2.24) is 0 Å². The molecule has 0 saturated heterocycles. The van der Waals surface area contributed by atoms with Gasteiger partial charge >= 0.3 is 29.6 Å². The molecule has 36 heavy (non-hydrogen) atoms. The molecule has 1 aliphatic carbocycles. The van der Waals surface area contributed by atoms with Gasteiger partial charge in [0.1, 0.15) is 17.2 Å². The van der Waals surface area contributed by atoms with Crippen LogP contribution in [0, 0.1) is 0 Å². The van der Waals surface area contributed by atoms with Gasteiger partial charge in [-0.25, -0.2) is 0 Å². The molecule has 180 valence electrons. The van der Waals surface area contributed by atoms with Crippen molar-refractivity contribution in [2.75, 3.05) is 6.61 Å². The number of fused-ring (bicyclic) bond motifs is 1. The Morgan fingerprint density at radius 1 is 0.972 bits per heavy atom. The maximum Gasteiger partial charge on any atom is 1.00 e. The summed E-state index contributed by atoms with van der Waals surface area (Å²) in [5.74, 6) is 0.566. The minimum absolute atomic E-state index is 0. The number of ketones is 1. The van der Waals surface area contributed by atoms with E-state index < -0.39 is 11.9 Å². The number of aliphatic carboxylic acids is 1. The number of aryl methyl sites for hydroxylation is 1. The fourth-order valence-electron chi connectivity index (χ4n) is 4.57. The monoisotopic (exact) mass is 512 g/mol. The van der Waals surface area contributed by atoms with Crippen LogP contribution in [-0.4, -0.2) is 18.4 Å². The number of carboxylic acid groups (broad SMARTS) is 1. The Labute approximate surface area is 238 Å². The molecule has 1 unspecified atom stereocenters. The minimum Gasteiger partial charge on any atom is -0.549 e. The summed E-state index contributed by atoms with van der Waals surface area (Å²) in [6, 6.07) is 18.6. The van der Waals surface area contributed by atoms with Crippen LogP contribution < -0.4 is 44.1 Å². The first-order valence-corrected chi connectivity index (χ1v) is 12.4. The molecule has 1 aliphatic heterocycles. The average Bonchev–Trinajstić information content (AvgIpc) is 3.70. The zero-order chi connectivity index (χ0) is 24.4. The molecule has 7 heteroatoms. The molecule has 1 fully saturated rings. The number of rotatable bonds is 9. The number of hydrogen-bond acceptors (Lipinski definition) is 5. The van der Waals surface area contributed by atoms with Crippen LogP contribution in [0.25, 0.3) is 0 Å². The molecule has 5 rings (SSSR count). The summed E-state index contributed by atoms with van der Waals surface area (Å²) in [5, 5.41) is 12.3. The van der Waals surface area contributed by atoms with E-state index in [-0.39, 0.29) is 35.3 Å². The molecule has 0 aromatic heterocycles. The normalized spacial score (nSPS) is 16.3. The van der Waals surface area contributed by atoms with E-state index in [0.717, 1.165) is 36.8 Å². The van der Waals surface area contributed by atoms with Gasteiger partial charge in [0, 0.05) is 40.5 Å². The molecule has 2 aliphatic rings. The number of ether oxygens (including phenoxy) is 2. The second-order valence-electron chi connectivity index (χ2n) is 9.24. The summed E-state index contributed by atoms with van der Waals surface area (Å²) in [7, 11) is 0. The number of carboxylic acids is 1. The van der Waals surface area contributed by atoms with Crippen LogP contribution in [0.4, 0.5) is 0 Å². The summed E-state index contributed by atoms with van der Waals surface area (Å²) >= 11 is 5.92. The quantitative estimate of drug-likeness (QED) is 0.325. The van der Waals surface area contributed by atoms with E-state index in [4.69, 9.17) is 21.1 Å². The number of Topliss-reactive ketones (excluding diaryl/α,β-unsaturated/α-hetero) is 1. The van der Waals surface area contributed by atoms with E-state index in [9.17, 15) is 14.7 Å². The van der Waals surface area contributed by atoms with Crippen molar-refractivity contribution in [2.45, 2.75) is 50.4 Å². The van der Waals surface area contributed by atoms with Crippen LogP contribution in [-0.2, 0) is 11.2 Å². The molecule has 0 spiro atoms. The smallest absolute Gasteiger partial charge is 0.549 e. The van der Waals surface area contributed by atoms with Crippen molar-refractivity contribution >= 4 is 23.4 Å². The van der Waals surface area contributed by atoms with Gasteiger partial charge in [-0.15, -0.1) is 0 Å². The zero-order valence-corrected chi connectivity index (χ0v) is 23.1. The van der Waals surface area contributed by atoms with Crippen molar-refractivity contribution < 1.29 is 53.7 Å². The molecule has 1 atom stereocenters. The molecule has 3 aromatic carbocycles. The van der Waals surface area contributed by atoms with Crippen molar-refractivity contribution in [2.24, 2.45) is 0 Å². The number of carbonyl (C=O) groups is 2. The number of carbonyl (C=O) groups excluding carboxylic acids is 2. The Kier molecular flexibility index (Phi) is 8.78. The Balaban J connectivity index is 0.00000304. The van der Waals surface area contributed by atoms with E-state index in [1.807, 2.05) is 30.3 Å². The predicted octanol–water partition coefficient (Wildman–Crippen LogP) is 2.84.